The zero-order valence-electron chi connectivity index (χ0n) is 12.2. The second-order valence-corrected chi connectivity index (χ2v) is 5.49. The van der Waals surface area contributed by atoms with Crippen LogP contribution in [0.25, 0.3) is 11.4 Å². The third kappa shape index (κ3) is 2.80. The minimum Gasteiger partial charge on any atom is -0.325 e. The Balaban J connectivity index is 1.80. The molecule has 2 aromatic rings. The topological polar surface area (TPSA) is 82.7 Å². The second kappa shape index (κ2) is 5.65. The van der Waals surface area contributed by atoms with Crippen LogP contribution in [-0.2, 0) is 4.79 Å². The molecule has 1 atom stereocenters. The standard InChI is InChI=1S/C15H19N5O/c1-9(11-7-16-8-11)15(21)18-13-6-4-3-5-12(13)14-17-10(2)19-20-14/h3-6,9,11,16H,7-8H2,1-2H3,(H,18,21)(H,17,19,20). The molecule has 1 aromatic heterocycles. The molecule has 1 aromatic carbocycles. The minimum absolute atomic E-state index is 0.00631. The van der Waals surface area contributed by atoms with Crippen molar-refractivity contribution in [3.8, 4) is 11.4 Å². The van der Waals surface area contributed by atoms with E-state index in [0.717, 1.165) is 30.2 Å². The van der Waals surface area contributed by atoms with Crippen molar-refractivity contribution < 1.29 is 4.79 Å². The largest absolute Gasteiger partial charge is 0.325 e. The average Bonchev–Trinajstić information content (AvgIpc) is 2.84. The van der Waals surface area contributed by atoms with E-state index in [2.05, 4.69) is 25.8 Å². The summed E-state index contributed by atoms with van der Waals surface area (Å²) < 4.78 is 0. The van der Waals surface area contributed by atoms with Gasteiger partial charge in [0.05, 0.1) is 5.69 Å². The predicted molar refractivity (Wildman–Crippen MR) is 80.7 cm³/mol. The monoisotopic (exact) mass is 285 g/mol. The lowest BCUT2D eigenvalue weighted by atomic mass is 9.88. The van der Waals surface area contributed by atoms with Gasteiger partial charge >= 0.3 is 0 Å². The van der Waals surface area contributed by atoms with Crippen molar-refractivity contribution in [2.24, 2.45) is 11.8 Å². The Bertz CT molecular complexity index is 647. The molecule has 6 nitrogen and oxygen atoms in total. The number of hydrogen-bond acceptors (Lipinski definition) is 4. The number of anilines is 1. The molecule has 0 radical (unpaired) electrons. The molecule has 3 rings (SSSR count). The van der Waals surface area contributed by atoms with Crippen molar-refractivity contribution in [1.29, 1.82) is 0 Å². The smallest absolute Gasteiger partial charge is 0.227 e. The van der Waals surface area contributed by atoms with Gasteiger partial charge in [-0.2, -0.15) is 5.10 Å². The maximum Gasteiger partial charge on any atom is 0.227 e. The van der Waals surface area contributed by atoms with E-state index >= 15 is 0 Å². The molecule has 2 heterocycles. The Hall–Kier alpha value is -2.21. The predicted octanol–water partition coefficient (Wildman–Crippen LogP) is 1.57. The lowest BCUT2D eigenvalue weighted by molar-refractivity contribution is -0.121. The van der Waals surface area contributed by atoms with Crippen molar-refractivity contribution in [3.63, 3.8) is 0 Å². The third-order valence-corrected chi connectivity index (χ3v) is 3.96. The Kier molecular flexibility index (Phi) is 3.70. The van der Waals surface area contributed by atoms with Crippen LogP contribution in [0.3, 0.4) is 0 Å². The molecular formula is C15H19N5O. The van der Waals surface area contributed by atoms with Gasteiger partial charge in [-0.15, -0.1) is 0 Å². The number of carbonyl (C=O) groups is 1. The molecule has 3 N–H and O–H groups in total. The van der Waals surface area contributed by atoms with E-state index in [-0.39, 0.29) is 11.8 Å². The zero-order valence-corrected chi connectivity index (χ0v) is 12.2. The molecule has 0 saturated carbocycles. The number of nitrogens with zero attached hydrogens (tertiary/aromatic N) is 2. The highest BCUT2D eigenvalue weighted by atomic mass is 16.1. The van der Waals surface area contributed by atoms with Crippen LogP contribution in [0.15, 0.2) is 24.3 Å². The van der Waals surface area contributed by atoms with Crippen molar-refractivity contribution in [3.05, 3.63) is 30.1 Å². The van der Waals surface area contributed by atoms with E-state index in [1.165, 1.54) is 0 Å². The number of amides is 1. The number of nitrogens with one attached hydrogen (secondary N) is 3. The summed E-state index contributed by atoms with van der Waals surface area (Å²) in [5, 5.41) is 13.2. The second-order valence-electron chi connectivity index (χ2n) is 5.49. The fraction of sp³-hybridized carbons (Fsp3) is 0.400. The van der Waals surface area contributed by atoms with Crippen LogP contribution in [-0.4, -0.2) is 34.2 Å². The first-order chi connectivity index (χ1) is 10.1. The number of rotatable bonds is 4. The van der Waals surface area contributed by atoms with Crippen LogP contribution in [0.1, 0.15) is 12.7 Å². The Morgan fingerprint density at radius 3 is 2.76 bits per heavy atom. The fourth-order valence-electron chi connectivity index (χ4n) is 2.38. The Labute approximate surface area is 123 Å². The number of carbonyl (C=O) groups excluding carboxylic acids is 1. The molecule has 21 heavy (non-hydrogen) atoms. The number of hydrogen-bond donors (Lipinski definition) is 3. The quantitative estimate of drug-likeness (QED) is 0.796. The van der Waals surface area contributed by atoms with Gasteiger partial charge in [0.1, 0.15) is 5.82 Å². The van der Waals surface area contributed by atoms with Gasteiger partial charge in [0.2, 0.25) is 5.91 Å². The van der Waals surface area contributed by atoms with Crippen LogP contribution in [0.5, 0.6) is 0 Å². The molecule has 1 unspecified atom stereocenters. The maximum atomic E-state index is 12.3. The lowest BCUT2D eigenvalue weighted by Crippen LogP contribution is -2.48. The molecule has 0 spiro atoms. The van der Waals surface area contributed by atoms with Crippen LogP contribution >= 0.6 is 0 Å². The van der Waals surface area contributed by atoms with Crippen molar-refractivity contribution in [1.82, 2.24) is 20.5 Å². The summed E-state index contributed by atoms with van der Waals surface area (Å²) in [6.45, 7) is 5.65. The highest BCUT2D eigenvalue weighted by Crippen LogP contribution is 2.26. The maximum absolute atomic E-state index is 12.3. The first-order valence-corrected chi connectivity index (χ1v) is 7.15. The SMILES string of the molecule is Cc1nc(-c2ccccc2NC(=O)C(C)C2CNC2)n[nH]1. The van der Waals surface area contributed by atoms with Gasteiger partial charge in [0.25, 0.3) is 0 Å². The number of H-pyrrole nitrogens is 1. The van der Waals surface area contributed by atoms with Crippen LogP contribution in [0.2, 0.25) is 0 Å². The molecule has 1 fully saturated rings. The molecule has 1 aliphatic heterocycles. The van der Waals surface area contributed by atoms with E-state index in [1.54, 1.807) is 0 Å². The fourth-order valence-corrected chi connectivity index (χ4v) is 2.38. The molecule has 110 valence electrons. The van der Waals surface area contributed by atoms with E-state index in [1.807, 2.05) is 38.1 Å². The highest BCUT2D eigenvalue weighted by molar-refractivity contribution is 5.96. The molecule has 6 heteroatoms. The van der Waals surface area contributed by atoms with Crippen molar-refractivity contribution in [2.75, 3.05) is 18.4 Å². The van der Waals surface area contributed by atoms with Gasteiger partial charge in [-0.25, -0.2) is 4.98 Å². The number of aromatic amines is 1. The molecule has 0 aliphatic carbocycles. The van der Waals surface area contributed by atoms with Gasteiger partial charge in [0.15, 0.2) is 5.82 Å². The summed E-state index contributed by atoms with van der Waals surface area (Å²) in [6, 6.07) is 7.60. The number of benzene rings is 1. The summed E-state index contributed by atoms with van der Waals surface area (Å²) in [5.74, 6) is 1.80. The van der Waals surface area contributed by atoms with Crippen molar-refractivity contribution in [2.45, 2.75) is 13.8 Å². The number of aromatic nitrogens is 3. The van der Waals surface area contributed by atoms with E-state index < -0.39 is 0 Å². The highest BCUT2D eigenvalue weighted by Gasteiger charge is 2.29. The van der Waals surface area contributed by atoms with E-state index in [4.69, 9.17) is 0 Å². The molecule has 1 saturated heterocycles. The van der Waals surface area contributed by atoms with Crippen LogP contribution in [0, 0.1) is 18.8 Å². The van der Waals surface area contributed by atoms with Gasteiger partial charge in [-0.1, -0.05) is 19.1 Å². The van der Waals surface area contributed by atoms with Crippen molar-refractivity contribution >= 4 is 11.6 Å². The first kappa shape index (κ1) is 13.8. The molecular weight excluding hydrogens is 266 g/mol. The normalized spacial score (nSPS) is 16.3. The minimum atomic E-state index is -0.00631. The van der Waals surface area contributed by atoms with Gasteiger partial charge in [-0.05, 0) is 38.1 Å². The molecule has 0 bridgehead atoms. The van der Waals surface area contributed by atoms with Gasteiger partial charge in [0, 0.05) is 11.5 Å². The van der Waals surface area contributed by atoms with Gasteiger partial charge < -0.3 is 10.6 Å². The molecule has 1 aliphatic rings. The average molecular weight is 285 g/mol. The number of para-hydroxylation sites is 1. The van der Waals surface area contributed by atoms with Crippen LogP contribution in [0.4, 0.5) is 5.69 Å². The molecule has 1 amide bonds. The summed E-state index contributed by atoms with van der Waals surface area (Å²) in [4.78, 5) is 16.7. The third-order valence-electron chi connectivity index (χ3n) is 3.96. The zero-order chi connectivity index (χ0) is 14.8. The number of aryl methyl sites for hydroxylation is 1. The summed E-state index contributed by atoms with van der Waals surface area (Å²) in [5.41, 5.74) is 1.58. The van der Waals surface area contributed by atoms with E-state index in [0.29, 0.717) is 11.7 Å². The first-order valence-electron chi connectivity index (χ1n) is 7.15. The Morgan fingerprint density at radius 1 is 1.38 bits per heavy atom. The Morgan fingerprint density at radius 2 is 2.14 bits per heavy atom. The van der Waals surface area contributed by atoms with Crippen LogP contribution < -0.4 is 10.6 Å². The summed E-state index contributed by atoms with van der Waals surface area (Å²) in [7, 11) is 0. The summed E-state index contributed by atoms with van der Waals surface area (Å²) >= 11 is 0. The van der Waals surface area contributed by atoms with Gasteiger partial charge in [-0.3, -0.25) is 9.89 Å². The lowest BCUT2D eigenvalue weighted by Gasteiger charge is -2.31. The summed E-state index contributed by atoms with van der Waals surface area (Å²) in [6.07, 6.45) is 0. The van der Waals surface area contributed by atoms with E-state index in [9.17, 15) is 4.79 Å².